The Bertz CT molecular complexity index is 2450. The number of fused-ring (bicyclic) bond motifs is 2. The molecule has 0 spiro atoms. The van der Waals surface area contributed by atoms with E-state index in [0.717, 1.165) is 114 Å². The minimum absolute atomic E-state index is 0.0762. The Morgan fingerprint density at radius 3 is 2.49 bits per heavy atom. The fourth-order valence-corrected chi connectivity index (χ4v) is 11.1. The monoisotopic (exact) mass is 928 g/mol. The summed E-state index contributed by atoms with van der Waals surface area (Å²) in [7, 11) is 3.39. The molecular weight excluding hydrogens is 863 g/mol. The Morgan fingerprint density at radius 2 is 1.74 bits per heavy atom. The number of imide groups is 1. The lowest BCUT2D eigenvalue weighted by Gasteiger charge is -2.43. The van der Waals surface area contributed by atoms with Gasteiger partial charge in [0.15, 0.2) is 5.82 Å². The number of hydrogen-bond donors (Lipinski definition) is 4. The Hall–Kier alpha value is -6.09. The van der Waals surface area contributed by atoms with E-state index < -0.39 is 11.9 Å². The van der Waals surface area contributed by atoms with Gasteiger partial charge in [-0.3, -0.25) is 39.1 Å². The van der Waals surface area contributed by atoms with Crippen molar-refractivity contribution in [2.45, 2.75) is 121 Å². The summed E-state index contributed by atoms with van der Waals surface area (Å²) in [6.07, 6.45) is 12.1. The second kappa shape index (κ2) is 21.1. The van der Waals surface area contributed by atoms with Crippen LogP contribution in [0.5, 0.6) is 5.75 Å². The summed E-state index contributed by atoms with van der Waals surface area (Å²) >= 11 is 0. The van der Waals surface area contributed by atoms with Gasteiger partial charge in [-0.1, -0.05) is 37.7 Å². The van der Waals surface area contributed by atoms with Crippen LogP contribution in [-0.2, 0) is 20.9 Å². The van der Waals surface area contributed by atoms with Crippen molar-refractivity contribution in [3.63, 3.8) is 0 Å². The summed E-state index contributed by atoms with van der Waals surface area (Å²) < 4.78 is 5.76. The Labute approximate surface area is 399 Å². The van der Waals surface area contributed by atoms with Gasteiger partial charge < -0.3 is 35.4 Å². The lowest BCUT2D eigenvalue weighted by Crippen LogP contribution is -2.55. The van der Waals surface area contributed by atoms with Gasteiger partial charge >= 0.3 is 0 Å². The van der Waals surface area contributed by atoms with Gasteiger partial charge in [0.1, 0.15) is 23.5 Å². The third-order valence-electron chi connectivity index (χ3n) is 14.9. The summed E-state index contributed by atoms with van der Waals surface area (Å²) in [5.41, 5.74) is 4.13. The fourth-order valence-electron chi connectivity index (χ4n) is 11.1. The third kappa shape index (κ3) is 10.0. The molecule has 4 aliphatic heterocycles. The van der Waals surface area contributed by atoms with Crippen LogP contribution in [0.1, 0.15) is 116 Å². The minimum Gasteiger partial charge on any atom is -0.495 e. The molecule has 1 unspecified atom stereocenters. The van der Waals surface area contributed by atoms with Gasteiger partial charge in [-0.25, -0.2) is 4.98 Å². The molecule has 2 saturated heterocycles. The van der Waals surface area contributed by atoms with Crippen molar-refractivity contribution in [1.29, 1.82) is 0 Å². The molecule has 9 rings (SSSR count). The van der Waals surface area contributed by atoms with Crippen molar-refractivity contribution in [1.82, 2.24) is 40.6 Å². The number of likely N-dealkylation sites (N-methyl/N-ethyl adjacent to an activating group) is 1. The summed E-state index contributed by atoms with van der Waals surface area (Å²) in [6.45, 7) is 9.17. The van der Waals surface area contributed by atoms with Crippen LogP contribution in [0.4, 0.5) is 23.1 Å². The number of piperazine rings is 1. The molecule has 1 aromatic heterocycles. The number of nitrogens with one attached hydrogen (secondary N) is 4. The first-order valence-corrected chi connectivity index (χ1v) is 24.7. The average Bonchev–Trinajstić information content (AvgIpc) is 4.01. The number of anilines is 4. The van der Waals surface area contributed by atoms with Gasteiger partial charge in [0.25, 0.3) is 11.8 Å². The van der Waals surface area contributed by atoms with Gasteiger partial charge in [-0.15, -0.1) is 0 Å². The summed E-state index contributed by atoms with van der Waals surface area (Å²) in [5.74, 6) is 7.28. The zero-order valence-electron chi connectivity index (χ0n) is 39.7. The smallest absolute Gasteiger partial charge is 0.255 e. The molecule has 360 valence electrons. The number of rotatable bonds is 14. The van der Waals surface area contributed by atoms with E-state index >= 15 is 0 Å². The van der Waals surface area contributed by atoms with E-state index in [9.17, 15) is 24.0 Å². The maximum atomic E-state index is 13.5. The molecule has 5 heterocycles. The minimum atomic E-state index is -0.638. The SMILES string of the molecule is CC[C@@H]1C(=O)N(C)c2cnc(Nc3ccc(C(=O)NC4CCC(N5CCN(CCNCCC#Cc6cccc7c6CN(C6CCC(=O)NC6=O)C7=O)CC5)CC4)cc3OC)nc2N1C1CCCC1. The van der Waals surface area contributed by atoms with Gasteiger partial charge in [-0.2, -0.15) is 4.98 Å². The number of aromatic nitrogens is 2. The van der Waals surface area contributed by atoms with E-state index in [-0.39, 0.29) is 48.2 Å². The molecular formula is C51H65N11O6. The van der Waals surface area contributed by atoms with E-state index in [1.54, 1.807) is 48.4 Å². The van der Waals surface area contributed by atoms with E-state index in [4.69, 9.17) is 9.72 Å². The van der Waals surface area contributed by atoms with Crippen LogP contribution < -0.4 is 35.8 Å². The fraction of sp³-hybridized carbons (Fsp3) is 0.549. The highest BCUT2D eigenvalue weighted by atomic mass is 16.5. The van der Waals surface area contributed by atoms with E-state index in [0.29, 0.717) is 66.0 Å². The number of nitrogens with zero attached hydrogens (tertiary/aromatic N) is 7. The first kappa shape index (κ1) is 47.0. The van der Waals surface area contributed by atoms with Crippen LogP contribution in [0.25, 0.3) is 0 Å². The number of amides is 5. The Morgan fingerprint density at radius 1 is 0.941 bits per heavy atom. The molecule has 4 N–H and O–H groups in total. The molecule has 0 bridgehead atoms. The van der Waals surface area contributed by atoms with Crippen molar-refractivity contribution in [3.05, 3.63) is 64.8 Å². The topological polar surface area (TPSA) is 185 Å². The third-order valence-corrected chi connectivity index (χ3v) is 14.9. The van der Waals surface area contributed by atoms with Crippen molar-refractivity contribution in [3.8, 4) is 17.6 Å². The Kier molecular flexibility index (Phi) is 14.5. The van der Waals surface area contributed by atoms with Crippen molar-refractivity contribution >= 4 is 52.7 Å². The van der Waals surface area contributed by atoms with Gasteiger partial charge in [0, 0.05) is 107 Å². The molecule has 3 aromatic rings. The molecule has 2 aliphatic carbocycles. The van der Waals surface area contributed by atoms with E-state index in [1.807, 2.05) is 18.2 Å². The molecule has 2 aromatic carbocycles. The Balaban J connectivity index is 0.684. The molecule has 17 nitrogen and oxygen atoms in total. The predicted octanol–water partition coefficient (Wildman–Crippen LogP) is 4.18. The van der Waals surface area contributed by atoms with Crippen molar-refractivity contribution in [2.24, 2.45) is 0 Å². The average molecular weight is 928 g/mol. The summed E-state index contributed by atoms with van der Waals surface area (Å²) in [6, 6.07) is 11.0. The van der Waals surface area contributed by atoms with Crippen LogP contribution in [0.2, 0.25) is 0 Å². The normalized spacial score (nSPS) is 23.5. The summed E-state index contributed by atoms with van der Waals surface area (Å²) in [5, 5.41) is 12.5. The van der Waals surface area contributed by atoms with Gasteiger partial charge in [0.2, 0.25) is 23.7 Å². The lowest BCUT2D eigenvalue weighted by molar-refractivity contribution is -0.137. The number of carbonyl (C=O) groups excluding carboxylic acids is 5. The first-order chi connectivity index (χ1) is 33.1. The molecule has 2 saturated carbocycles. The molecule has 6 aliphatic rings. The van der Waals surface area contributed by atoms with E-state index in [2.05, 4.69) is 59.7 Å². The number of hydrogen-bond acceptors (Lipinski definition) is 13. The largest absolute Gasteiger partial charge is 0.495 e. The predicted molar refractivity (Wildman–Crippen MR) is 259 cm³/mol. The van der Waals surface area contributed by atoms with Crippen LogP contribution in [0.3, 0.4) is 0 Å². The quantitative estimate of drug-likeness (QED) is 0.103. The number of benzene rings is 2. The number of methoxy groups -OCH3 is 1. The maximum Gasteiger partial charge on any atom is 0.255 e. The van der Waals surface area contributed by atoms with Crippen LogP contribution >= 0.6 is 0 Å². The highest BCUT2D eigenvalue weighted by Gasteiger charge is 2.42. The van der Waals surface area contributed by atoms with Crippen molar-refractivity contribution in [2.75, 3.05) is 75.1 Å². The molecule has 68 heavy (non-hydrogen) atoms. The number of ether oxygens (including phenoxy) is 1. The van der Waals surface area contributed by atoms with Crippen LogP contribution in [-0.4, -0.2) is 144 Å². The molecule has 0 radical (unpaired) electrons. The zero-order valence-corrected chi connectivity index (χ0v) is 39.7. The zero-order chi connectivity index (χ0) is 47.3. The highest BCUT2D eigenvalue weighted by molar-refractivity contribution is 6.06. The second-order valence-electron chi connectivity index (χ2n) is 19.0. The van der Waals surface area contributed by atoms with Gasteiger partial charge in [0.05, 0.1) is 19.0 Å². The number of piperidine rings is 1. The van der Waals surface area contributed by atoms with Gasteiger partial charge in [-0.05, 0) is 87.3 Å². The van der Waals surface area contributed by atoms with E-state index in [1.165, 1.54) is 0 Å². The van der Waals surface area contributed by atoms with Crippen LogP contribution in [0, 0.1) is 11.8 Å². The highest BCUT2D eigenvalue weighted by Crippen LogP contribution is 2.41. The first-order valence-electron chi connectivity index (χ1n) is 24.7. The standard InChI is InChI=1S/C51H65N11O6/c1-4-41-50(67)58(2)43-31-53-51(57-46(43)62(41)37-12-5-6-13-37)55-40-20-15-34(30-44(40)68-3)47(64)54-35-16-18-36(19-17-35)60-28-26-59(27-29-60)25-24-52-23-8-7-10-33-11-9-14-38-39(33)32-61(49(38)66)42-21-22-45(63)56-48(42)65/h9,11,14-15,20,30-31,35-37,41-42,52H,4-6,8,12-13,16-19,21-29,32H2,1-3H3,(H,54,64)(H,53,55,57)(H,56,63,65)/t35?,36?,41-,42?/m1/s1. The maximum absolute atomic E-state index is 13.5. The molecule has 2 atom stereocenters. The summed E-state index contributed by atoms with van der Waals surface area (Å²) in [4.78, 5) is 84.2. The van der Waals surface area contributed by atoms with Crippen molar-refractivity contribution < 1.29 is 28.7 Å². The molecule has 5 amide bonds. The van der Waals surface area contributed by atoms with Crippen LogP contribution in [0.15, 0.2) is 42.6 Å². The lowest BCUT2D eigenvalue weighted by atomic mass is 9.89. The molecule has 4 fully saturated rings. The molecule has 17 heteroatoms. The number of carbonyl (C=O) groups is 5. The second-order valence-corrected chi connectivity index (χ2v) is 19.0.